The van der Waals surface area contributed by atoms with Crippen molar-refractivity contribution in [2.75, 3.05) is 26.8 Å². The number of carbonyl (C=O) groups is 1. The van der Waals surface area contributed by atoms with Gasteiger partial charge < -0.3 is 19.5 Å². The summed E-state index contributed by atoms with van der Waals surface area (Å²) in [5.74, 6) is -0.545. The zero-order valence-corrected chi connectivity index (χ0v) is 14.2. The minimum absolute atomic E-state index is 0.0704. The van der Waals surface area contributed by atoms with Gasteiger partial charge in [-0.05, 0) is 44.4 Å². The molecule has 0 aliphatic carbocycles. The van der Waals surface area contributed by atoms with E-state index in [1.165, 1.54) is 25.3 Å². The van der Waals surface area contributed by atoms with Gasteiger partial charge in [-0.15, -0.1) is 0 Å². The predicted molar refractivity (Wildman–Crippen MR) is 86.6 cm³/mol. The van der Waals surface area contributed by atoms with Gasteiger partial charge in [-0.25, -0.2) is 4.39 Å². The molecule has 5 nitrogen and oxygen atoms in total. The van der Waals surface area contributed by atoms with Crippen molar-refractivity contribution in [2.24, 2.45) is 0 Å². The molecule has 0 bridgehead atoms. The van der Waals surface area contributed by atoms with Crippen LogP contribution in [0, 0.1) is 5.82 Å². The first-order valence-electron chi connectivity index (χ1n) is 8.33. The molecule has 1 spiro atoms. The van der Waals surface area contributed by atoms with Gasteiger partial charge in [0, 0.05) is 25.1 Å². The zero-order chi connectivity index (χ0) is 17.4. The van der Waals surface area contributed by atoms with Crippen molar-refractivity contribution in [3.05, 3.63) is 29.6 Å². The number of nitrogens with zero attached hydrogens (tertiary/aromatic N) is 1. The lowest BCUT2D eigenvalue weighted by molar-refractivity contribution is -0.170. The highest BCUT2D eigenvalue weighted by Crippen LogP contribution is 2.39. The molecule has 0 radical (unpaired) electrons. The first-order valence-corrected chi connectivity index (χ1v) is 8.33. The topological polar surface area (TPSA) is 59.0 Å². The fraction of sp³-hybridized carbons (Fsp3) is 0.611. The molecule has 2 fully saturated rings. The fourth-order valence-electron chi connectivity index (χ4n) is 3.73. The first-order chi connectivity index (χ1) is 11.3. The molecule has 24 heavy (non-hydrogen) atoms. The summed E-state index contributed by atoms with van der Waals surface area (Å²) in [6, 6.07) is 4.16. The zero-order valence-electron chi connectivity index (χ0n) is 14.2. The van der Waals surface area contributed by atoms with E-state index in [1.54, 1.807) is 4.90 Å². The van der Waals surface area contributed by atoms with Crippen LogP contribution in [0.4, 0.5) is 4.39 Å². The number of hydrogen-bond donors (Lipinski definition) is 1. The quantitative estimate of drug-likeness (QED) is 0.900. The maximum atomic E-state index is 13.5. The van der Waals surface area contributed by atoms with Gasteiger partial charge >= 0.3 is 0 Å². The van der Waals surface area contributed by atoms with Crippen LogP contribution in [-0.2, 0) is 4.74 Å². The van der Waals surface area contributed by atoms with Crippen molar-refractivity contribution in [3.8, 4) is 5.75 Å². The average Bonchev–Trinajstić information content (AvgIpc) is 2.54. The fourth-order valence-corrected chi connectivity index (χ4v) is 3.73. The third kappa shape index (κ3) is 3.39. The standard InChI is InChI=1S/C18H24FNO4/c1-17(22)7-10-24-18(12-17)5-8-20(9-6-18)16(21)13-3-4-14(19)15(11-13)23-2/h3-4,11,22H,5-10,12H2,1-2H3. The summed E-state index contributed by atoms with van der Waals surface area (Å²) in [5, 5.41) is 10.3. The minimum Gasteiger partial charge on any atom is -0.494 e. The van der Waals surface area contributed by atoms with Crippen LogP contribution in [0.3, 0.4) is 0 Å². The van der Waals surface area contributed by atoms with Crippen molar-refractivity contribution in [2.45, 2.75) is 43.8 Å². The second kappa shape index (κ2) is 6.33. The number of amides is 1. The Hall–Kier alpha value is -1.66. The molecule has 2 aliphatic heterocycles. The molecule has 1 unspecified atom stereocenters. The van der Waals surface area contributed by atoms with Crippen LogP contribution in [0.1, 0.15) is 43.0 Å². The van der Waals surface area contributed by atoms with Gasteiger partial charge in [0.05, 0.1) is 24.9 Å². The molecular formula is C18H24FNO4. The summed E-state index contributed by atoms with van der Waals surface area (Å²) in [6.07, 6.45) is 2.65. The Kier molecular flexibility index (Phi) is 4.53. The normalized spacial score (nSPS) is 26.4. The minimum atomic E-state index is -0.700. The number of ether oxygens (including phenoxy) is 2. The maximum Gasteiger partial charge on any atom is 0.253 e. The summed E-state index contributed by atoms with van der Waals surface area (Å²) in [6.45, 7) is 3.53. The lowest BCUT2D eigenvalue weighted by Gasteiger charge is -2.48. The number of hydrogen-bond acceptors (Lipinski definition) is 4. The van der Waals surface area contributed by atoms with E-state index in [9.17, 15) is 14.3 Å². The number of rotatable bonds is 2. The lowest BCUT2D eigenvalue weighted by atomic mass is 9.78. The molecule has 1 amide bonds. The smallest absolute Gasteiger partial charge is 0.253 e. The van der Waals surface area contributed by atoms with Crippen LogP contribution >= 0.6 is 0 Å². The Balaban J connectivity index is 1.67. The highest BCUT2D eigenvalue weighted by Gasteiger charge is 2.44. The number of halogens is 1. The van der Waals surface area contributed by atoms with Crippen LogP contribution in [0.2, 0.25) is 0 Å². The Morgan fingerprint density at radius 2 is 2.04 bits per heavy atom. The monoisotopic (exact) mass is 337 g/mol. The Morgan fingerprint density at radius 3 is 2.67 bits per heavy atom. The molecule has 6 heteroatoms. The predicted octanol–water partition coefficient (Wildman–Crippen LogP) is 2.37. The van der Waals surface area contributed by atoms with Gasteiger partial charge in [-0.1, -0.05) is 0 Å². The van der Waals surface area contributed by atoms with E-state index in [0.29, 0.717) is 50.9 Å². The lowest BCUT2D eigenvalue weighted by Crippen LogP contribution is -2.54. The number of piperidine rings is 1. The molecule has 3 rings (SSSR count). The summed E-state index contributed by atoms with van der Waals surface area (Å²) in [7, 11) is 1.38. The molecular weight excluding hydrogens is 313 g/mol. The molecule has 1 aromatic rings. The molecule has 1 N–H and O–H groups in total. The van der Waals surface area contributed by atoms with Crippen LogP contribution in [0.15, 0.2) is 18.2 Å². The van der Waals surface area contributed by atoms with Crippen molar-refractivity contribution in [1.29, 1.82) is 0 Å². The van der Waals surface area contributed by atoms with E-state index in [0.717, 1.165) is 0 Å². The Labute approximate surface area is 141 Å². The number of aliphatic hydroxyl groups is 1. The van der Waals surface area contributed by atoms with Crippen molar-refractivity contribution in [3.63, 3.8) is 0 Å². The molecule has 2 saturated heterocycles. The summed E-state index contributed by atoms with van der Waals surface area (Å²) < 4.78 is 24.4. The van der Waals surface area contributed by atoms with E-state index in [2.05, 4.69) is 0 Å². The summed E-state index contributed by atoms with van der Waals surface area (Å²) >= 11 is 0. The summed E-state index contributed by atoms with van der Waals surface area (Å²) in [5.41, 5.74) is -0.617. The van der Waals surface area contributed by atoms with Gasteiger partial charge in [0.2, 0.25) is 0 Å². The molecule has 2 aliphatic rings. The Morgan fingerprint density at radius 1 is 1.33 bits per heavy atom. The van der Waals surface area contributed by atoms with E-state index >= 15 is 0 Å². The highest BCUT2D eigenvalue weighted by atomic mass is 19.1. The highest BCUT2D eigenvalue weighted by molar-refractivity contribution is 5.94. The van der Waals surface area contributed by atoms with Gasteiger partial charge in [0.25, 0.3) is 5.91 Å². The second-order valence-corrected chi connectivity index (χ2v) is 7.10. The number of methoxy groups -OCH3 is 1. The molecule has 132 valence electrons. The second-order valence-electron chi connectivity index (χ2n) is 7.10. The van der Waals surface area contributed by atoms with E-state index < -0.39 is 11.4 Å². The third-order valence-electron chi connectivity index (χ3n) is 5.11. The number of likely N-dealkylation sites (tertiary alicyclic amines) is 1. The van der Waals surface area contributed by atoms with Crippen LogP contribution in [-0.4, -0.2) is 53.9 Å². The van der Waals surface area contributed by atoms with E-state index in [1.807, 2.05) is 6.92 Å². The molecule has 1 atom stereocenters. The van der Waals surface area contributed by atoms with E-state index in [-0.39, 0.29) is 17.3 Å². The van der Waals surface area contributed by atoms with Crippen LogP contribution in [0.5, 0.6) is 5.75 Å². The van der Waals surface area contributed by atoms with Crippen molar-refractivity contribution >= 4 is 5.91 Å². The Bertz CT molecular complexity index is 623. The number of benzene rings is 1. The number of carbonyl (C=O) groups excluding carboxylic acids is 1. The van der Waals surface area contributed by atoms with Gasteiger partial charge in [-0.2, -0.15) is 0 Å². The van der Waals surface area contributed by atoms with Crippen LogP contribution in [0.25, 0.3) is 0 Å². The third-order valence-corrected chi connectivity index (χ3v) is 5.11. The SMILES string of the molecule is COc1cc(C(=O)N2CCC3(CC2)CC(C)(O)CCO3)ccc1F. The van der Waals surface area contributed by atoms with Crippen molar-refractivity contribution in [1.82, 2.24) is 4.90 Å². The van der Waals surface area contributed by atoms with Crippen LogP contribution < -0.4 is 4.74 Å². The van der Waals surface area contributed by atoms with Gasteiger partial charge in [0.1, 0.15) is 0 Å². The largest absolute Gasteiger partial charge is 0.494 e. The molecule has 1 aromatic carbocycles. The molecule has 0 saturated carbocycles. The molecule has 2 heterocycles. The average molecular weight is 337 g/mol. The van der Waals surface area contributed by atoms with E-state index in [4.69, 9.17) is 9.47 Å². The van der Waals surface area contributed by atoms with Gasteiger partial charge in [0.15, 0.2) is 11.6 Å². The molecule has 0 aromatic heterocycles. The summed E-state index contributed by atoms with van der Waals surface area (Å²) in [4.78, 5) is 14.4. The van der Waals surface area contributed by atoms with Gasteiger partial charge in [-0.3, -0.25) is 4.79 Å². The maximum absolute atomic E-state index is 13.5. The van der Waals surface area contributed by atoms with Crippen molar-refractivity contribution < 1.29 is 23.8 Å². The first kappa shape index (κ1) is 17.2.